The lowest BCUT2D eigenvalue weighted by atomic mass is 10.1. The van der Waals surface area contributed by atoms with Gasteiger partial charge in [0, 0.05) is 11.6 Å². The summed E-state index contributed by atoms with van der Waals surface area (Å²) in [5.74, 6) is -0.261. The van der Waals surface area contributed by atoms with Crippen LogP contribution >= 0.6 is 11.8 Å². The van der Waals surface area contributed by atoms with Gasteiger partial charge in [-0.3, -0.25) is 14.4 Å². The molecular weight excluding hydrogens is 346 g/mol. The van der Waals surface area contributed by atoms with Crippen molar-refractivity contribution < 1.29 is 23.6 Å². The molecule has 9 heteroatoms. The molecule has 2 amide bonds. The van der Waals surface area contributed by atoms with E-state index in [0.29, 0.717) is 22.7 Å². The van der Waals surface area contributed by atoms with Gasteiger partial charge >= 0.3 is 5.97 Å². The molecule has 2 aromatic rings. The van der Waals surface area contributed by atoms with Crippen molar-refractivity contribution in [1.82, 2.24) is 5.16 Å². The van der Waals surface area contributed by atoms with Crippen LogP contribution in [0.2, 0.25) is 0 Å². The highest BCUT2D eigenvalue weighted by Crippen LogP contribution is 2.10. The lowest BCUT2D eigenvalue weighted by molar-refractivity contribution is -0.141. The number of rotatable bonds is 8. The second-order valence-electron chi connectivity index (χ2n) is 5.09. The monoisotopic (exact) mass is 363 g/mol. The van der Waals surface area contributed by atoms with E-state index >= 15 is 0 Å². The van der Waals surface area contributed by atoms with Crippen LogP contribution in [-0.4, -0.2) is 34.4 Å². The Bertz CT molecular complexity index is 775. The van der Waals surface area contributed by atoms with E-state index in [2.05, 4.69) is 10.5 Å². The second kappa shape index (κ2) is 8.88. The van der Waals surface area contributed by atoms with Gasteiger partial charge in [0.05, 0.1) is 11.5 Å². The van der Waals surface area contributed by atoms with Crippen molar-refractivity contribution in [3.05, 3.63) is 47.2 Å². The van der Waals surface area contributed by atoms with Crippen LogP contribution in [0.25, 0.3) is 0 Å². The van der Waals surface area contributed by atoms with Crippen molar-refractivity contribution in [2.24, 2.45) is 5.73 Å². The number of primary amides is 1. The summed E-state index contributed by atoms with van der Waals surface area (Å²) in [6.07, 6.45) is 0. The van der Waals surface area contributed by atoms with Gasteiger partial charge in [-0.15, -0.1) is 11.8 Å². The molecule has 0 fully saturated rings. The average molecular weight is 363 g/mol. The SMILES string of the molecule is Cc1cc(NC(=O)CSCC(=O)OCc2cccc(C(N)=O)c2)no1. The van der Waals surface area contributed by atoms with Crippen LogP contribution in [0.5, 0.6) is 0 Å². The number of aromatic nitrogens is 1. The van der Waals surface area contributed by atoms with Crippen LogP contribution in [0.4, 0.5) is 5.82 Å². The molecule has 132 valence electrons. The maximum Gasteiger partial charge on any atom is 0.316 e. The summed E-state index contributed by atoms with van der Waals surface area (Å²) in [6, 6.07) is 8.12. The van der Waals surface area contributed by atoms with E-state index in [9.17, 15) is 14.4 Å². The molecule has 0 aliphatic heterocycles. The average Bonchev–Trinajstić information content (AvgIpc) is 2.98. The summed E-state index contributed by atoms with van der Waals surface area (Å²) in [6.45, 7) is 1.75. The molecule has 0 saturated carbocycles. The quantitative estimate of drug-likeness (QED) is 0.681. The summed E-state index contributed by atoms with van der Waals surface area (Å²) in [4.78, 5) is 34.5. The molecule has 0 spiro atoms. The number of anilines is 1. The molecule has 0 radical (unpaired) electrons. The third kappa shape index (κ3) is 6.30. The molecule has 0 saturated heterocycles. The number of carbonyl (C=O) groups excluding carboxylic acids is 3. The van der Waals surface area contributed by atoms with Crippen LogP contribution in [0.3, 0.4) is 0 Å². The van der Waals surface area contributed by atoms with E-state index in [-0.39, 0.29) is 24.0 Å². The molecule has 0 aliphatic rings. The molecule has 2 rings (SSSR count). The number of hydrogen-bond acceptors (Lipinski definition) is 7. The fraction of sp³-hybridized carbons (Fsp3) is 0.250. The van der Waals surface area contributed by atoms with Crippen LogP contribution in [-0.2, 0) is 20.9 Å². The van der Waals surface area contributed by atoms with Crippen molar-refractivity contribution in [3.8, 4) is 0 Å². The molecule has 1 aromatic heterocycles. The Labute approximate surface area is 148 Å². The van der Waals surface area contributed by atoms with Gasteiger partial charge in [0.2, 0.25) is 11.8 Å². The van der Waals surface area contributed by atoms with E-state index in [1.54, 1.807) is 37.3 Å². The van der Waals surface area contributed by atoms with Crippen LogP contribution < -0.4 is 11.1 Å². The lowest BCUT2D eigenvalue weighted by Gasteiger charge is -2.06. The van der Waals surface area contributed by atoms with Gasteiger partial charge in [0.15, 0.2) is 5.82 Å². The molecular formula is C16H17N3O5S. The van der Waals surface area contributed by atoms with Gasteiger partial charge in [-0.2, -0.15) is 0 Å². The van der Waals surface area contributed by atoms with Gasteiger partial charge in [-0.1, -0.05) is 17.3 Å². The summed E-state index contributed by atoms with van der Waals surface area (Å²) >= 11 is 1.12. The van der Waals surface area contributed by atoms with Crippen molar-refractivity contribution in [2.45, 2.75) is 13.5 Å². The van der Waals surface area contributed by atoms with Gasteiger partial charge < -0.3 is 20.3 Å². The highest BCUT2D eigenvalue weighted by atomic mass is 32.2. The van der Waals surface area contributed by atoms with E-state index < -0.39 is 11.9 Å². The van der Waals surface area contributed by atoms with Crippen LogP contribution in [0.15, 0.2) is 34.9 Å². The molecule has 0 aliphatic carbocycles. The first-order valence-corrected chi connectivity index (χ1v) is 8.45. The van der Waals surface area contributed by atoms with Gasteiger partial charge in [0.1, 0.15) is 12.4 Å². The number of hydrogen-bond donors (Lipinski definition) is 2. The number of nitrogens with one attached hydrogen (secondary N) is 1. The summed E-state index contributed by atoms with van der Waals surface area (Å²) in [5.41, 5.74) is 6.20. The zero-order valence-electron chi connectivity index (χ0n) is 13.5. The molecule has 3 N–H and O–H groups in total. The molecule has 25 heavy (non-hydrogen) atoms. The minimum Gasteiger partial charge on any atom is -0.460 e. The van der Waals surface area contributed by atoms with Crippen molar-refractivity contribution >= 4 is 35.4 Å². The Morgan fingerprint density at radius 3 is 2.76 bits per heavy atom. The number of thioether (sulfide) groups is 1. The molecule has 0 unspecified atom stereocenters. The maximum absolute atomic E-state index is 11.7. The molecule has 0 bridgehead atoms. The summed E-state index contributed by atoms with van der Waals surface area (Å²) in [7, 11) is 0. The van der Waals surface area contributed by atoms with E-state index in [4.69, 9.17) is 15.0 Å². The van der Waals surface area contributed by atoms with E-state index in [0.717, 1.165) is 11.8 Å². The number of carbonyl (C=O) groups is 3. The van der Waals surface area contributed by atoms with Gasteiger partial charge in [0.25, 0.3) is 0 Å². The van der Waals surface area contributed by atoms with E-state index in [1.807, 2.05) is 0 Å². The number of benzene rings is 1. The number of amides is 2. The standard InChI is InChI=1S/C16H17N3O5S/c1-10-5-13(19-24-10)18-14(20)8-25-9-15(21)23-7-11-3-2-4-12(6-11)16(17)22/h2-6H,7-9H2,1H3,(H2,17,22)(H,18,19,20). The third-order valence-corrected chi connectivity index (χ3v) is 3.87. The Morgan fingerprint density at radius 2 is 2.08 bits per heavy atom. The number of nitrogens with two attached hydrogens (primary N) is 1. The van der Waals surface area contributed by atoms with Crippen molar-refractivity contribution in [1.29, 1.82) is 0 Å². The summed E-state index contributed by atoms with van der Waals surface area (Å²) in [5, 5.41) is 6.19. The minimum atomic E-state index is -0.544. The Balaban J connectivity index is 1.67. The van der Waals surface area contributed by atoms with Crippen LogP contribution in [0, 0.1) is 6.92 Å². The predicted molar refractivity (Wildman–Crippen MR) is 92.0 cm³/mol. The number of nitrogens with zero attached hydrogens (tertiary/aromatic N) is 1. The smallest absolute Gasteiger partial charge is 0.316 e. The molecule has 0 atom stereocenters. The number of esters is 1. The fourth-order valence-corrected chi connectivity index (χ4v) is 2.46. The van der Waals surface area contributed by atoms with Crippen LogP contribution in [0.1, 0.15) is 21.7 Å². The topological polar surface area (TPSA) is 125 Å². The Hall–Kier alpha value is -2.81. The first-order valence-electron chi connectivity index (χ1n) is 7.29. The van der Waals surface area contributed by atoms with Gasteiger partial charge in [-0.25, -0.2) is 0 Å². The predicted octanol–water partition coefficient (Wildman–Crippen LogP) is 1.50. The van der Waals surface area contributed by atoms with E-state index in [1.165, 1.54) is 0 Å². The maximum atomic E-state index is 11.7. The normalized spacial score (nSPS) is 10.3. The number of ether oxygens (including phenoxy) is 1. The zero-order valence-corrected chi connectivity index (χ0v) is 14.3. The lowest BCUT2D eigenvalue weighted by Crippen LogP contribution is -2.16. The molecule has 8 nitrogen and oxygen atoms in total. The van der Waals surface area contributed by atoms with Gasteiger partial charge in [-0.05, 0) is 24.6 Å². The summed E-state index contributed by atoms with van der Waals surface area (Å²) < 4.78 is 9.93. The molecule has 1 aromatic carbocycles. The van der Waals surface area contributed by atoms with Crippen molar-refractivity contribution in [2.75, 3.05) is 16.8 Å². The highest BCUT2D eigenvalue weighted by molar-refractivity contribution is 8.00. The minimum absolute atomic E-state index is 0.0285. The second-order valence-corrected chi connectivity index (χ2v) is 6.07. The fourth-order valence-electron chi connectivity index (χ4n) is 1.85. The molecule has 1 heterocycles. The number of aryl methyl sites for hydroxylation is 1. The Morgan fingerprint density at radius 1 is 1.28 bits per heavy atom. The zero-order chi connectivity index (χ0) is 18.2. The highest BCUT2D eigenvalue weighted by Gasteiger charge is 2.10. The first kappa shape index (κ1) is 18.5. The largest absolute Gasteiger partial charge is 0.460 e. The Kier molecular flexibility index (Phi) is 6.58. The third-order valence-electron chi connectivity index (χ3n) is 2.96. The first-order chi connectivity index (χ1) is 11.9. The van der Waals surface area contributed by atoms with Crippen molar-refractivity contribution in [3.63, 3.8) is 0 Å².